The first-order chi connectivity index (χ1) is 8.68. The summed E-state index contributed by atoms with van der Waals surface area (Å²) in [5.41, 5.74) is 0. The van der Waals surface area contributed by atoms with E-state index in [9.17, 15) is 9.90 Å². The van der Waals surface area contributed by atoms with Crippen LogP contribution in [0.3, 0.4) is 0 Å². The van der Waals surface area contributed by atoms with Gasteiger partial charge in [0.25, 0.3) is 0 Å². The number of aliphatic hydroxyl groups is 1. The summed E-state index contributed by atoms with van der Waals surface area (Å²) < 4.78 is 0. The predicted molar refractivity (Wildman–Crippen MR) is 72.2 cm³/mol. The number of likely N-dealkylation sites (tertiary alicyclic amines) is 1. The quantitative estimate of drug-likeness (QED) is 0.821. The molecular formula is C15H27NO2. The van der Waals surface area contributed by atoms with Gasteiger partial charge in [-0.2, -0.15) is 0 Å². The summed E-state index contributed by atoms with van der Waals surface area (Å²) in [6.07, 6.45) is 9.20. The van der Waals surface area contributed by atoms with Crippen LogP contribution in [0, 0.1) is 11.8 Å². The molecule has 2 fully saturated rings. The lowest BCUT2D eigenvalue weighted by atomic mass is 9.90. The van der Waals surface area contributed by atoms with E-state index in [1.54, 1.807) is 0 Å². The van der Waals surface area contributed by atoms with Crippen molar-refractivity contribution in [2.24, 2.45) is 11.8 Å². The average Bonchev–Trinajstić information content (AvgIpc) is 2.77. The number of carbonyl (C=O) groups is 1. The lowest BCUT2D eigenvalue weighted by Crippen LogP contribution is -2.35. The predicted octanol–water partition coefficient (Wildman–Crippen LogP) is 2.58. The largest absolute Gasteiger partial charge is 0.393 e. The van der Waals surface area contributed by atoms with E-state index in [-0.39, 0.29) is 12.0 Å². The molecule has 2 atom stereocenters. The van der Waals surface area contributed by atoms with Crippen LogP contribution in [0.2, 0.25) is 0 Å². The SMILES string of the molecule is CC(O)C1CCN(C(=O)C2CCCCCCC2)C1. The third-order valence-electron chi connectivity index (χ3n) is 4.67. The highest BCUT2D eigenvalue weighted by Crippen LogP contribution is 2.27. The molecule has 2 rings (SSSR count). The van der Waals surface area contributed by atoms with Crippen molar-refractivity contribution < 1.29 is 9.90 Å². The lowest BCUT2D eigenvalue weighted by Gasteiger charge is -2.25. The molecular weight excluding hydrogens is 226 g/mol. The summed E-state index contributed by atoms with van der Waals surface area (Å²) in [6.45, 7) is 3.46. The Morgan fingerprint density at radius 1 is 1.11 bits per heavy atom. The summed E-state index contributed by atoms with van der Waals surface area (Å²) in [6, 6.07) is 0. The Labute approximate surface area is 111 Å². The molecule has 1 saturated carbocycles. The first kappa shape index (κ1) is 13.9. The van der Waals surface area contributed by atoms with Gasteiger partial charge in [0.05, 0.1) is 6.10 Å². The van der Waals surface area contributed by atoms with Crippen LogP contribution in [-0.2, 0) is 4.79 Å². The van der Waals surface area contributed by atoms with E-state index >= 15 is 0 Å². The molecule has 3 nitrogen and oxygen atoms in total. The summed E-state index contributed by atoms with van der Waals surface area (Å²) in [5, 5.41) is 9.61. The van der Waals surface area contributed by atoms with Crippen LogP contribution < -0.4 is 0 Å². The van der Waals surface area contributed by atoms with Gasteiger partial charge in [-0.05, 0) is 26.2 Å². The average molecular weight is 253 g/mol. The van der Waals surface area contributed by atoms with Crippen molar-refractivity contribution >= 4 is 5.91 Å². The van der Waals surface area contributed by atoms with Gasteiger partial charge in [0.15, 0.2) is 0 Å². The van der Waals surface area contributed by atoms with Gasteiger partial charge in [0.1, 0.15) is 0 Å². The van der Waals surface area contributed by atoms with E-state index in [4.69, 9.17) is 0 Å². The van der Waals surface area contributed by atoms with E-state index in [1.165, 1.54) is 32.1 Å². The first-order valence-corrected chi connectivity index (χ1v) is 7.65. The normalized spacial score (nSPS) is 28.8. The van der Waals surface area contributed by atoms with Crippen molar-refractivity contribution in [3.05, 3.63) is 0 Å². The van der Waals surface area contributed by atoms with Gasteiger partial charge in [-0.15, -0.1) is 0 Å². The fourth-order valence-corrected chi connectivity index (χ4v) is 3.34. The number of nitrogens with zero attached hydrogens (tertiary/aromatic N) is 1. The Bertz CT molecular complexity index is 270. The second kappa shape index (κ2) is 6.55. The maximum absolute atomic E-state index is 12.5. The molecule has 1 aliphatic carbocycles. The van der Waals surface area contributed by atoms with Crippen LogP contribution in [0.25, 0.3) is 0 Å². The van der Waals surface area contributed by atoms with E-state index in [0.717, 1.165) is 32.4 Å². The van der Waals surface area contributed by atoms with Crippen LogP contribution >= 0.6 is 0 Å². The van der Waals surface area contributed by atoms with Gasteiger partial charge < -0.3 is 10.0 Å². The van der Waals surface area contributed by atoms with Crippen molar-refractivity contribution in [1.29, 1.82) is 0 Å². The zero-order valence-electron chi connectivity index (χ0n) is 11.6. The maximum atomic E-state index is 12.5. The van der Waals surface area contributed by atoms with Gasteiger partial charge >= 0.3 is 0 Å². The molecule has 2 aliphatic rings. The van der Waals surface area contributed by atoms with Crippen LogP contribution in [0.5, 0.6) is 0 Å². The Hall–Kier alpha value is -0.570. The molecule has 0 radical (unpaired) electrons. The third kappa shape index (κ3) is 3.47. The summed E-state index contributed by atoms with van der Waals surface area (Å²) in [4.78, 5) is 14.5. The molecule has 0 aromatic carbocycles. The number of rotatable bonds is 2. The van der Waals surface area contributed by atoms with Crippen molar-refractivity contribution in [2.75, 3.05) is 13.1 Å². The van der Waals surface area contributed by atoms with Gasteiger partial charge in [-0.1, -0.05) is 32.1 Å². The number of hydrogen-bond donors (Lipinski definition) is 1. The molecule has 1 aliphatic heterocycles. The van der Waals surface area contributed by atoms with Crippen LogP contribution in [0.15, 0.2) is 0 Å². The molecule has 1 saturated heterocycles. The van der Waals surface area contributed by atoms with Crippen molar-refractivity contribution in [3.8, 4) is 0 Å². The van der Waals surface area contributed by atoms with E-state index in [0.29, 0.717) is 11.8 Å². The monoisotopic (exact) mass is 253 g/mol. The van der Waals surface area contributed by atoms with Gasteiger partial charge in [0.2, 0.25) is 5.91 Å². The molecule has 0 aromatic heterocycles. The Balaban J connectivity index is 1.86. The van der Waals surface area contributed by atoms with E-state index < -0.39 is 0 Å². The minimum Gasteiger partial charge on any atom is -0.393 e. The summed E-state index contributed by atoms with van der Waals surface area (Å²) in [5.74, 6) is 0.917. The molecule has 18 heavy (non-hydrogen) atoms. The van der Waals surface area contributed by atoms with E-state index in [2.05, 4.69) is 0 Å². The number of amides is 1. The van der Waals surface area contributed by atoms with Gasteiger partial charge in [-0.3, -0.25) is 4.79 Å². The second-order valence-corrected chi connectivity index (χ2v) is 6.12. The zero-order chi connectivity index (χ0) is 13.0. The fourth-order valence-electron chi connectivity index (χ4n) is 3.34. The molecule has 0 bridgehead atoms. The molecule has 0 spiro atoms. The highest BCUT2D eigenvalue weighted by atomic mass is 16.3. The number of carbonyl (C=O) groups excluding carboxylic acids is 1. The highest BCUT2D eigenvalue weighted by molar-refractivity contribution is 5.79. The maximum Gasteiger partial charge on any atom is 0.225 e. The Morgan fingerprint density at radius 2 is 1.72 bits per heavy atom. The first-order valence-electron chi connectivity index (χ1n) is 7.65. The molecule has 104 valence electrons. The van der Waals surface area contributed by atoms with Crippen LogP contribution in [-0.4, -0.2) is 35.1 Å². The van der Waals surface area contributed by atoms with Gasteiger partial charge in [-0.25, -0.2) is 0 Å². The van der Waals surface area contributed by atoms with Crippen LogP contribution in [0.4, 0.5) is 0 Å². The molecule has 1 amide bonds. The highest BCUT2D eigenvalue weighted by Gasteiger charge is 2.32. The second-order valence-electron chi connectivity index (χ2n) is 6.12. The lowest BCUT2D eigenvalue weighted by molar-refractivity contribution is -0.135. The molecule has 0 aromatic rings. The smallest absolute Gasteiger partial charge is 0.225 e. The minimum absolute atomic E-state index is 0.262. The number of hydrogen-bond acceptors (Lipinski definition) is 2. The molecule has 1 N–H and O–H groups in total. The van der Waals surface area contributed by atoms with Crippen LogP contribution in [0.1, 0.15) is 58.3 Å². The summed E-state index contributed by atoms with van der Waals surface area (Å²) in [7, 11) is 0. The van der Waals surface area contributed by atoms with E-state index in [1.807, 2.05) is 11.8 Å². The zero-order valence-corrected chi connectivity index (χ0v) is 11.6. The third-order valence-corrected chi connectivity index (χ3v) is 4.67. The fraction of sp³-hybridized carbons (Fsp3) is 0.933. The van der Waals surface area contributed by atoms with Crippen molar-refractivity contribution in [3.63, 3.8) is 0 Å². The topological polar surface area (TPSA) is 40.5 Å². The standard InChI is InChI=1S/C15H27NO2/c1-12(17)14-9-10-16(11-14)15(18)13-7-5-3-2-4-6-8-13/h12-14,17H,2-11H2,1H3. The molecule has 1 heterocycles. The van der Waals surface area contributed by atoms with Gasteiger partial charge in [0, 0.05) is 24.9 Å². The Kier molecular flexibility index (Phi) is 5.04. The Morgan fingerprint density at radius 3 is 2.28 bits per heavy atom. The summed E-state index contributed by atoms with van der Waals surface area (Å²) >= 11 is 0. The molecule has 2 unspecified atom stereocenters. The molecule has 3 heteroatoms. The van der Waals surface area contributed by atoms with Crippen molar-refractivity contribution in [2.45, 2.75) is 64.4 Å². The number of aliphatic hydroxyl groups excluding tert-OH is 1. The minimum atomic E-state index is -0.278. The van der Waals surface area contributed by atoms with Crippen molar-refractivity contribution in [1.82, 2.24) is 4.90 Å².